The zero-order chi connectivity index (χ0) is 13.9. The van der Waals surface area contributed by atoms with E-state index >= 15 is 0 Å². The van der Waals surface area contributed by atoms with Gasteiger partial charge in [0, 0.05) is 42.7 Å². The average molecular weight is 291 g/mol. The van der Waals surface area contributed by atoms with Crippen LogP contribution in [0, 0.1) is 0 Å². The van der Waals surface area contributed by atoms with E-state index < -0.39 is 0 Å². The number of rotatable bonds is 4. The third kappa shape index (κ3) is 2.67. The number of fused-ring (bicyclic) bond motifs is 1. The summed E-state index contributed by atoms with van der Waals surface area (Å²) >= 11 is 6.14. The Balaban J connectivity index is 1.86. The van der Waals surface area contributed by atoms with E-state index in [0.717, 1.165) is 43.6 Å². The Kier molecular flexibility index (Phi) is 3.94. The van der Waals surface area contributed by atoms with Crippen LogP contribution in [0.15, 0.2) is 30.6 Å². The molecule has 5 heteroatoms. The van der Waals surface area contributed by atoms with E-state index in [2.05, 4.69) is 38.8 Å². The largest absolute Gasteiger partial charge is 0.362 e. The zero-order valence-corrected chi connectivity index (χ0v) is 12.4. The third-order valence-corrected chi connectivity index (χ3v) is 3.93. The Bertz CT molecular complexity index is 593. The molecule has 0 saturated heterocycles. The molecule has 0 saturated carbocycles. The van der Waals surface area contributed by atoms with Gasteiger partial charge in [0.2, 0.25) is 0 Å². The van der Waals surface area contributed by atoms with E-state index in [1.54, 1.807) is 0 Å². The van der Waals surface area contributed by atoms with Crippen molar-refractivity contribution < 1.29 is 0 Å². The Morgan fingerprint density at radius 2 is 2.25 bits per heavy atom. The maximum atomic E-state index is 6.14. The van der Waals surface area contributed by atoms with Crippen molar-refractivity contribution in [3.63, 3.8) is 0 Å². The highest BCUT2D eigenvalue weighted by Gasteiger charge is 2.19. The second kappa shape index (κ2) is 5.85. The first kappa shape index (κ1) is 13.5. The molecule has 0 unspecified atom stereocenters. The molecule has 0 amide bonds. The van der Waals surface area contributed by atoms with Crippen molar-refractivity contribution in [2.24, 2.45) is 0 Å². The van der Waals surface area contributed by atoms with Crippen molar-refractivity contribution in [2.45, 2.75) is 26.6 Å². The summed E-state index contributed by atoms with van der Waals surface area (Å²) in [6.07, 6.45) is 3.92. The first-order valence-electron chi connectivity index (χ1n) is 7.02. The Morgan fingerprint density at radius 1 is 1.35 bits per heavy atom. The van der Waals surface area contributed by atoms with Crippen molar-refractivity contribution in [1.82, 2.24) is 14.9 Å². The average Bonchev–Trinajstić information content (AvgIpc) is 2.92. The molecule has 1 aliphatic heterocycles. The summed E-state index contributed by atoms with van der Waals surface area (Å²) in [5.41, 5.74) is 2.50. The zero-order valence-electron chi connectivity index (χ0n) is 11.6. The number of nitrogens with one attached hydrogen (secondary N) is 1. The van der Waals surface area contributed by atoms with Crippen molar-refractivity contribution >= 4 is 17.3 Å². The highest BCUT2D eigenvalue weighted by molar-refractivity contribution is 6.30. The minimum atomic E-state index is 0.792. The lowest BCUT2D eigenvalue weighted by atomic mass is 10.1. The minimum absolute atomic E-state index is 0.792. The summed E-state index contributed by atoms with van der Waals surface area (Å²) in [6.45, 7) is 6.76. The SMILES string of the molecule is CCNCc1cc(Cl)ccc1N1CCn2ccnc2C1. The van der Waals surface area contributed by atoms with Gasteiger partial charge < -0.3 is 14.8 Å². The van der Waals surface area contributed by atoms with E-state index in [1.807, 2.05) is 18.5 Å². The lowest BCUT2D eigenvalue weighted by Crippen LogP contribution is -2.34. The first-order chi connectivity index (χ1) is 9.78. The summed E-state index contributed by atoms with van der Waals surface area (Å²) in [4.78, 5) is 6.80. The normalized spacial score (nSPS) is 14.4. The number of hydrogen-bond donors (Lipinski definition) is 1. The number of halogens is 1. The van der Waals surface area contributed by atoms with Crippen LogP contribution in [-0.2, 0) is 19.6 Å². The molecule has 1 aliphatic rings. The van der Waals surface area contributed by atoms with E-state index in [4.69, 9.17) is 11.6 Å². The van der Waals surface area contributed by atoms with Crippen molar-refractivity contribution in [3.05, 3.63) is 47.0 Å². The van der Waals surface area contributed by atoms with E-state index in [1.165, 1.54) is 11.3 Å². The maximum absolute atomic E-state index is 6.14. The fourth-order valence-corrected chi connectivity index (χ4v) is 2.84. The van der Waals surface area contributed by atoms with Crippen LogP contribution in [0.25, 0.3) is 0 Å². The van der Waals surface area contributed by atoms with Gasteiger partial charge in [0.05, 0.1) is 6.54 Å². The summed E-state index contributed by atoms with van der Waals surface area (Å²) < 4.78 is 2.22. The molecule has 20 heavy (non-hydrogen) atoms. The molecule has 2 heterocycles. The molecular formula is C15H19ClN4. The standard InChI is InChI=1S/C15H19ClN4/c1-2-17-10-12-9-13(16)3-4-14(12)20-8-7-19-6-5-18-15(19)11-20/h3-6,9,17H,2,7-8,10-11H2,1H3. The smallest absolute Gasteiger partial charge is 0.128 e. The second-order valence-corrected chi connectivity index (χ2v) is 5.45. The van der Waals surface area contributed by atoms with E-state index in [-0.39, 0.29) is 0 Å². The summed E-state index contributed by atoms with van der Waals surface area (Å²) in [5.74, 6) is 1.13. The number of benzene rings is 1. The van der Waals surface area contributed by atoms with Crippen molar-refractivity contribution in [2.75, 3.05) is 18.0 Å². The molecule has 106 valence electrons. The van der Waals surface area contributed by atoms with Crippen LogP contribution in [0.4, 0.5) is 5.69 Å². The summed E-state index contributed by atoms with van der Waals surface area (Å²) in [5, 5.41) is 4.17. The predicted octanol–water partition coefficient (Wildman–Crippen LogP) is 2.67. The Hall–Kier alpha value is -1.52. The van der Waals surface area contributed by atoms with Crippen LogP contribution in [-0.4, -0.2) is 22.6 Å². The molecule has 1 aromatic heterocycles. The van der Waals surface area contributed by atoms with Crippen LogP contribution >= 0.6 is 11.6 Å². The molecule has 0 aliphatic carbocycles. The van der Waals surface area contributed by atoms with Crippen molar-refractivity contribution in [3.8, 4) is 0 Å². The molecule has 0 atom stereocenters. The molecule has 4 nitrogen and oxygen atoms in total. The predicted molar refractivity (Wildman–Crippen MR) is 82.1 cm³/mol. The second-order valence-electron chi connectivity index (χ2n) is 5.01. The first-order valence-corrected chi connectivity index (χ1v) is 7.40. The molecule has 0 bridgehead atoms. The van der Waals surface area contributed by atoms with Crippen LogP contribution in [0.3, 0.4) is 0 Å². The third-order valence-electron chi connectivity index (χ3n) is 3.69. The lowest BCUT2D eigenvalue weighted by Gasteiger charge is -2.31. The molecule has 1 N–H and O–H groups in total. The van der Waals surface area contributed by atoms with Gasteiger partial charge in [-0.3, -0.25) is 0 Å². The van der Waals surface area contributed by atoms with Gasteiger partial charge in [-0.1, -0.05) is 18.5 Å². The topological polar surface area (TPSA) is 33.1 Å². The number of nitrogens with zero attached hydrogens (tertiary/aromatic N) is 3. The minimum Gasteiger partial charge on any atom is -0.362 e. The molecule has 0 spiro atoms. The van der Waals surface area contributed by atoms with E-state index in [9.17, 15) is 0 Å². The maximum Gasteiger partial charge on any atom is 0.128 e. The van der Waals surface area contributed by atoms with Gasteiger partial charge in [-0.25, -0.2) is 4.98 Å². The van der Waals surface area contributed by atoms with Crippen molar-refractivity contribution in [1.29, 1.82) is 0 Å². The Labute approximate surface area is 124 Å². The fraction of sp³-hybridized carbons (Fsp3) is 0.400. The van der Waals surface area contributed by atoms with E-state index in [0.29, 0.717) is 0 Å². The summed E-state index contributed by atoms with van der Waals surface area (Å²) in [7, 11) is 0. The van der Waals surface area contributed by atoms with Gasteiger partial charge in [0.25, 0.3) is 0 Å². The molecular weight excluding hydrogens is 272 g/mol. The van der Waals surface area contributed by atoms with Crippen LogP contribution in [0.1, 0.15) is 18.3 Å². The Morgan fingerprint density at radius 3 is 3.10 bits per heavy atom. The van der Waals surface area contributed by atoms with Crippen LogP contribution in [0.2, 0.25) is 5.02 Å². The monoisotopic (exact) mass is 290 g/mol. The highest BCUT2D eigenvalue weighted by Crippen LogP contribution is 2.27. The number of hydrogen-bond acceptors (Lipinski definition) is 3. The quantitative estimate of drug-likeness (QED) is 0.940. The summed E-state index contributed by atoms with van der Waals surface area (Å²) in [6, 6.07) is 6.14. The van der Waals surface area contributed by atoms with Crippen LogP contribution in [0.5, 0.6) is 0 Å². The molecule has 2 aromatic rings. The van der Waals surface area contributed by atoms with Gasteiger partial charge in [-0.05, 0) is 30.3 Å². The molecule has 1 aromatic carbocycles. The lowest BCUT2D eigenvalue weighted by molar-refractivity contribution is 0.557. The fourth-order valence-electron chi connectivity index (χ4n) is 2.64. The van der Waals surface area contributed by atoms with Gasteiger partial charge in [0.15, 0.2) is 0 Å². The highest BCUT2D eigenvalue weighted by atomic mass is 35.5. The van der Waals surface area contributed by atoms with Gasteiger partial charge in [-0.2, -0.15) is 0 Å². The molecule has 3 rings (SSSR count). The number of imidazole rings is 1. The van der Waals surface area contributed by atoms with Gasteiger partial charge in [0.1, 0.15) is 5.82 Å². The van der Waals surface area contributed by atoms with Crippen LogP contribution < -0.4 is 10.2 Å². The molecule has 0 fully saturated rings. The number of aromatic nitrogens is 2. The van der Waals surface area contributed by atoms with Gasteiger partial charge >= 0.3 is 0 Å². The number of anilines is 1. The van der Waals surface area contributed by atoms with Gasteiger partial charge in [-0.15, -0.1) is 0 Å². The molecule has 0 radical (unpaired) electrons.